The number of benzene rings is 1. The molecule has 0 radical (unpaired) electrons. The predicted octanol–water partition coefficient (Wildman–Crippen LogP) is 2.11. The smallest absolute Gasteiger partial charge is 0.325 e. The van der Waals surface area contributed by atoms with Crippen LogP contribution in [-0.4, -0.2) is 34.8 Å². The molecule has 1 aromatic carbocycles. The van der Waals surface area contributed by atoms with Gasteiger partial charge in [0.15, 0.2) is 0 Å². The van der Waals surface area contributed by atoms with Crippen LogP contribution in [0.15, 0.2) is 28.7 Å². The van der Waals surface area contributed by atoms with E-state index in [1.54, 1.807) is 31.2 Å². The predicted molar refractivity (Wildman–Crippen MR) is 81.7 cm³/mol. The van der Waals surface area contributed by atoms with E-state index in [4.69, 9.17) is 0 Å². The molecule has 0 spiro atoms. The van der Waals surface area contributed by atoms with Gasteiger partial charge in [-0.1, -0.05) is 22.9 Å². The summed E-state index contributed by atoms with van der Waals surface area (Å²) < 4.78 is 0.897. The highest BCUT2D eigenvalue weighted by Gasteiger charge is 2.46. The van der Waals surface area contributed by atoms with Crippen molar-refractivity contribution in [2.75, 3.05) is 11.9 Å². The highest BCUT2D eigenvalue weighted by atomic mass is 79.9. The van der Waals surface area contributed by atoms with Gasteiger partial charge in [0.2, 0.25) is 5.91 Å². The molecule has 112 valence electrons. The third kappa shape index (κ3) is 3.24. The zero-order chi connectivity index (χ0) is 15.6. The molecule has 0 bridgehead atoms. The van der Waals surface area contributed by atoms with Crippen molar-refractivity contribution in [2.24, 2.45) is 0 Å². The lowest BCUT2D eigenvalue weighted by molar-refractivity contribution is -0.133. The van der Waals surface area contributed by atoms with Gasteiger partial charge in [-0.2, -0.15) is 0 Å². The molecule has 1 heterocycles. The maximum atomic E-state index is 12.2. The topological polar surface area (TPSA) is 78.5 Å². The summed E-state index contributed by atoms with van der Waals surface area (Å²) in [4.78, 5) is 36.8. The summed E-state index contributed by atoms with van der Waals surface area (Å²) in [5.74, 6) is -0.790. The maximum Gasteiger partial charge on any atom is 0.325 e. The standard InChI is InChI=1S/C14H16BrN3O3/c1-3-14(2)12(20)18(13(21)17-14)8-11(19)16-10-6-4-9(15)5-7-10/h4-7H,3,8H2,1-2H3,(H,16,19)(H,17,21). The van der Waals surface area contributed by atoms with Crippen molar-refractivity contribution >= 4 is 39.5 Å². The van der Waals surface area contributed by atoms with E-state index in [1.165, 1.54) is 0 Å². The minimum Gasteiger partial charge on any atom is -0.325 e. The Morgan fingerprint density at radius 3 is 2.48 bits per heavy atom. The van der Waals surface area contributed by atoms with Crippen molar-refractivity contribution in [1.82, 2.24) is 10.2 Å². The Kier molecular flexibility index (Phi) is 4.32. The van der Waals surface area contributed by atoms with E-state index in [0.717, 1.165) is 9.37 Å². The van der Waals surface area contributed by atoms with E-state index >= 15 is 0 Å². The van der Waals surface area contributed by atoms with Gasteiger partial charge in [-0.25, -0.2) is 4.79 Å². The van der Waals surface area contributed by atoms with E-state index in [1.807, 2.05) is 6.92 Å². The number of nitrogens with one attached hydrogen (secondary N) is 2. The van der Waals surface area contributed by atoms with E-state index < -0.39 is 17.5 Å². The molecule has 2 rings (SSSR count). The Bertz CT molecular complexity index is 588. The summed E-state index contributed by atoms with van der Waals surface area (Å²) in [5.41, 5.74) is -0.317. The van der Waals surface area contributed by atoms with E-state index in [9.17, 15) is 14.4 Å². The minimum atomic E-state index is -0.922. The Balaban J connectivity index is 2.01. The molecule has 0 aromatic heterocycles. The number of nitrogens with zero attached hydrogens (tertiary/aromatic N) is 1. The van der Waals surface area contributed by atoms with E-state index in [-0.39, 0.29) is 12.5 Å². The fourth-order valence-corrected chi connectivity index (χ4v) is 2.27. The van der Waals surface area contributed by atoms with E-state index in [2.05, 4.69) is 26.6 Å². The second-order valence-electron chi connectivity index (χ2n) is 5.06. The van der Waals surface area contributed by atoms with Gasteiger partial charge in [0.1, 0.15) is 12.1 Å². The second-order valence-corrected chi connectivity index (χ2v) is 5.98. The molecule has 1 fully saturated rings. The molecule has 1 aromatic rings. The van der Waals surface area contributed by atoms with Crippen LogP contribution in [0.25, 0.3) is 0 Å². The normalized spacial score (nSPS) is 21.4. The summed E-state index contributed by atoms with van der Waals surface area (Å²) in [6.07, 6.45) is 0.475. The molecular formula is C14H16BrN3O3. The third-order valence-corrected chi connectivity index (χ3v) is 4.01. The first kappa shape index (κ1) is 15.5. The SMILES string of the molecule is CCC1(C)NC(=O)N(CC(=O)Nc2ccc(Br)cc2)C1=O. The highest BCUT2D eigenvalue weighted by Crippen LogP contribution is 2.20. The first-order valence-electron chi connectivity index (χ1n) is 6.55. The zero-order valence-corrected chi connectivity index (χ0v) is 13.4. The van der Waals surface area contributed by atoms with Crippen molar-refractivity contribution in [2.45, 2.75) is 25.8 Å². The molecule has 0 saturated carbocycles. The summed E-state index contributed by atoms with van der Waals surface area (Å²) in [5, 5.41) is 5.26. The van der Waals surface area contributed by atoms with Gasteiger partial charge in [-0.3, -0.25) is 14.5 Å². The molecule has 1 saturated heterocycles. The van der Waals surface area contributed by atoms with Gasteiger partial charge in [0.05, 0.1) is 0 Å². The average molecular weight is 354 g/mol. The molecule has 7 heteroatoms. The van der Waals surface area contributed by atoms with Gasteiger partial charge in [-0.15, -0.1) is 0 Å². The van der Waals surface area contributed by atoms with Gasteiger partial charge >= 0.3 is 6.03 Å². The van der Waals surface area contributed by atoms with Crippen LogP contribution >= 0.6 is 15.9 Å². The number of hydrogen-bond acceptors (Lipinski definition) is 3. The van der Waals surface area contributed by atoms with Crippen LogP contribution in [-0.2, 0) is 9.59 Å². The quantitative estimate of drug-likeness (QED) is 0.813. The summed E-state index contributed by atoms with van der Waals surface area (Å²) in [7, 11) is 0. The number of hydrogen-bond donors (Lipinski definition) is 2. The monoisotopic (exact) mass is 353 g/mol. The average Bonchev–Trinajstić information content (AvgIpc) is 2.66. The van der Waals surface area contributed by atoms with Crippen molar-refractivity contribution in [3.8, 4) is 0 Å². The van der Waals surface area contributed by atoms with Gasteiger partial charge in [0.25, 0.3) is 5.91 Å². The number of amides is 4. The summed E-state index contributed by atoms with van der Waals surface area (Å²) >= 11 is 3.30. The molecule has 2 N–H and O–H groups in total. The number of halogens is 1. The number of imide groups is 1. The van der Waals surface area contributed by atoms with Crippen molar-refractivity contribution in [1.29, 1.82) is 0 Å². The van der Waals surface area contributed by atoms with Crippen LogP contribution in [0.5, 0.6) is 0 Å². The molecule has 0 aliphatic carbocycles. The Labute approximate surface area is 131 Å². The number of carbonyl (C=O) groups is 3. The van der Waals surface area contributed by atoms with Crippen molar-refractivity contribution < 1.29 is 14.4 Å². The zero-order valence-electron chi connectivity index (χ0n) is 11.8. The number of urea groups is 1. The van der Waals surface area contributed by atoms with Crippen molar-refractivity contribution in [3.63, 3.8) is 0 Å². The van der Waals surface area contributed by atoms with Crippen LogP contribution in [0.1, 0.15) is 20.3 Å². The first-order valence-corrected chi connectivity index (χ1v) is 7.34. The lowest BCUT2D eigenvalue weighted by Gasteiger charge is -2.19. The second kappa shape index (κ2) is 5.85. The fourth-order valence-electron chi connectivity index (χ4n) is 2.01. The fraction of sp³-hybridized carbons (Fsp3) is 0.357. The number of anilines is 1. The Hall–Kier alpha value is -1.89. The van der Waals surface area contributed by atoms with Crippen LogP contribution in [0.4, 0.5) is 10.5 Å². The lowest BCUT2D eigenvalue weighted by Crippen LogP contribution is -2.44. The highest BCUT2D eigenvalue weighted by molar-refractivity contribution is 9.10. The Morgan fingerprint density at radius 1 is 1.33 bits per heavy atom. The molecule has 6 nitrogen and oxygen atoms in total. The first-order chi connectivity index (χ1) is 9.85. The van der Waals surface area contributed by atoms with Crippen molar-refractivity contribution in [3.05, 3.63) is 28.7 Å². The summed E-state index contributed by atoms with van der Waals surface area (Å²) in [6.45, 7) is 3.17. The molecule has 4 amide bonds. The van der Waals surface area contributed by atoms with Gasteiger partial charge in [-0.05, 0) is 37.6 Å². The molecule has 21 heavy (non-hydrogen) atoms. The Morgan fingerprint density at radius 2 is 1.95 bits per heavy atom. The van der Waals surface area contributed by atoms with E-state index in [0.29, 0.717) is 12.1 Å². The maximum absolute atomic E-state index is 12.2. The number of carbonyl (C=O) groups excluding carboxylic acids is 3. The van der Waals surface area contributed by atoms with Crippen LogP contribution in [0.3, 0.4) is 0 Å². The minimum absolute atomic E-state index is 0.295. The molecular weight excluding hydrogens is 338 g/mol. The largest absolute Gasteiger partial charge is 0.325 e. The molecule has 1 aliphatic rings. The van der Waals surface area contributed by atoms with Crippen LogP contribution in [0, 0.1) is 0 Å². The van der Waals surface area contributed by atoms with Gasteiger partial charge in [0, 0.05) is 10.2 Å². The molecule has 1 atom stereocenters. The van der Waals surface area contributed by atoms with Crippen LogP contribution in [0.2, 0.25) is 0 Å². The molecule has 1 aliphatic heterocycles. The number of rotatable bonds is 4. The lowest BCUT2D eigenvalue weighted by atomic mass is 9.99. The third-order valence-electron chi connectivity index (χ3n) is 3.48. The van der Waals surface area contributed by atoms with Crippen LogP contribution < -0.4 is 10.6 Å². The summed E-state index contributed by atoms with van der Waals surface area (Å²) in [6, 6.07) is 6.50. The molecule has 1 unspecified atom stereocenters. The van der Waals surface area contributed by atoms with Gasteiger partial charge < -0.3 is 10.6 Å².